The lowest BCUT2D eigenvalue weighted by Crippen LogP contribution is -2.50. The Morgan fingerprint density at radius 3 is 2.33 bits per heavy atom. The van der Waals surface area contributed by atoms with Gasteiger partial charge in [-0.15, -0.1) is 0 Å². The number of carbonyl (C=O) groups excluding carboxylic acids is 2. The maximum absolute atomic E-state index is 12.8. The van der Waals surface area contributed by atoms with Crippen molar-refractivity contribution >= 4 is 11.8 Å². The van der Waals surface area contributed by atoms with Crippen LogP contribution in [0.5, 0.6) is 5.75 Å². The molecule has 2 aliphatic rings. The van der Waals surface area contributed by atoms with Gasteiger partial charge in [0.25, 0.3) is 5.91 Å². The summed E-state index contributed by atoms with van der Waals surface area (Å²) in [6.07, 6.45) is 9.07. The second-order valence-electron chi connectivity index (χ2n) is 8.20. The van der Waals surface area contributed by atoms with Crippen LogP contribution in [0.15, 0.2) is 48.8 Å². The number of piperazine rings is 1. The van der Waals surface area contributed by atoms with Gasteiger partial charge in [0.2, 0.25) is 5.91 Å². The minimum Gasteiger partial charge on any atom is -0.489 e. The number of pyridine rings is 1. The highest BCUT2D eigenvalue weighted by atomic mass is 16.5. The van der Waals surface area contributed by atoms with E-state index in [2.05, 4.69) is 4.98 Å². The summed E-state index contributed by atoms with van der Waals surface area (Å²) in [7, 11) is 0. The number of nitrogens with zero attached hydrogens (tertiary/aromatic N) is 3. The summed E-state index contributed by atoms with van der Waals surface area (Å²) in [5.74, 6) is 1.55. The molecule has 1 saturated heterocycles. The van der Waals surface area contributed by atoms with Gasteiger partial charge >= 0.3 is 0 Å². The molecule has 158 valence electrons. The molecule has 0 unspecified atom stereocenters. The van der Waals surface area contributed by atoms with Crippen LogP contribution in [0, 0.1) is 5.92 Å². The molecule has 30 heavy (non-hydrogen) atoms. The van der Waals surface area contributed by atoms with Crippen LogP contribution in [0.3, 0.4) is 0 Å². The average Bonchev–Trinajstić information content (AvgIpc) is 3.31. The van der Waals surface area contributed by atoms with Crippen LogP contribution in [0.4, 0.5) is 0 Å². The van der Waals surface area contributed by atoms with Gasteiger partial charge in [-0.25, -0.2) is 0 Å². The second kappa shape index (κ2) is 9.74. The van der Waals surface area contributed by atoms with E-state index < -0.39 is 0 Å². The highest BCUT2D eigenvalue weighted by Crippen LogP contribution is 2.28. The summed E-state index contributed by atoms with van der Waals surface area (Å²) in [5.41, 5.74) is 1.65. The molecule has 0 radical (unpaired) electrons. The molecular weight excluding hydrogens is 378 g/mol. The first-order valence-electron chi connectivity index (χ1n) is 10.9. The van der Waals surface area contributed by atoms with Crippen molar-refractivity contribution in [2.45, 2.75) is 38.7 Å². The number of carbonyl (C=O) groups is 2. The number of hydrogen-bond donors (Lipinski definition) is 0. The van der Waals surface area contributed by atoms with E-state index in [-0.39, 0.29) is 11.8 Å². The molecule has 0 atom stereocenters. The second-order valence-corrected chi connectivity index (χ2v) is 8.20. The average molecular weight is 408 g/mol. The molecule has 1 aliphatic carbocycles. The number of hydrogen-bond acceptors (Lipinski definition) is 4. The Morgan fingerprint density at radius 2 is 1.67 bits per heavy atom. The molecule has 2 heterocycles. The molecule has 1 aliphatic heterocycles. The van der Waals surface area contributed by atoms with Gasteiger partial charge < -0.3 is 14.5 Å². The first-order chi connectivity index (χ1) is 14.7. The Balaban J connectivity index is 1.25. The van der Waals surface area contributed by atoms with Gasteiger partial charge in [-0.3, -0.25) is 14.6 Å². The predicted molar refractivity (Wildman–Crippen MR) is 114 cm³/mol. The number of rotatable bonds is 6. The molecule has 6 heteroatoms. The molecule has 0 spiro atoms. The molecule has 2 aromatic rings. The van der Waals surface area contributed by atoms with Crippen molar-refractivity contribution in [1.82, 2.24) is 14.8 Å². The fourth-order valence-corrected chi connectivity index (χ4v) is 4.28. The van der Waals surface area contributed by atoms with Crippen molar-refractivity contribution < 1.29 is 14.3 Å². The van der Waals surface area contributed by atoms with E-state index in [9.17, 15) is 9.59 Å². The third-order valence-corrected chi connectivity index (χ3v) is 6.09. The van der Waals surface area contributed by atoms with Gasteiger partial charge in [-0.05, 0) is 49.1 Å². The summed E-state index contributed by atoms with van der Waals surface area (Å²) >= 11 is 0. The van der Waals surface area contributed by atoms with Gasteiger partial charge in [-0.2, -0.15) is 0 Å². The number of ether oxygens (including phenoxy) is 1. The van der Waals surface area contributed by atoms with Crippen molar-refractivity contribution in [3.63, 3.8) is 0 Å². The highest BCUT2D eigenvalue weighted by molar-refractivity contribution is 5.94. The molecule has 4 rings (SSSR count). The lowest BCUT2D eigenvalue weighted by atomic mass is 10.0. The number of aromatic nitrogens is 1. The minimum atomic E-state index is 0.0108. The van der Waals surface area contributed by atoms with E-state index >= 15 is 0 Å². The number of amides is 2. The van der Waals surface area contributed by atoms with Crippen LogP contribution < -0.4 is 4.74 Å². The Hall–Kier alpha value is -2.89. The fraction of sp³-hybridized carbons (Fsp3) is 0.458. The van der Waals surface area contributed by atoms with E-state index in [4.69, 9.17) is 4.74 Å². The largest absolute Gasteiger partial charge is 0.489 e. The Labute approximate surface area is 177 Å². The molecule has 0 N–H and O–H groups in total. The van der Waals surface area contributed by atoms with Crippen LogP contribution in [0.1, 0.15) is 48.0 Å². The van der Waals surface area contributed by atoms with E-state index in [1.807, 2.05) is 34.1 Å². The van der Waals surface area contributed by atoms with Crippen LogP contribution in [0.25, 0.3) is 0 Å². The van der Waals surface area contributed by atoms with Gasteiger partial charge in [0.15, 0.2) is 0 Å². The lowest BCUT2D eigenvalue weighted by molar-refractivity contribution is -0.133. The van der Waals surface area contributed by atoms with Gasteiger partial charge in [0, 0.05) is 56.1 Å². The molecule has 2 amide bonds. The standard InChI is InChI=1S/C24H29N3O3/c28-23(16-19-4-1-2-5-19)26-12-14-27(15-13-26)24(29)21-7-9-22(10-8-21)30-18-20-6-3-11-25-17-20/h3,6-11,17,19H,1-2,4-5,12-16,18H2. The topological polar surface area (TPSA) is 62.7 Å². The zero-order valence-electron chi connectivity index (χ0n) is 17.3. The normalized spacial score (nSPS) is 17.2. The van der Waals surface area contributed by atoms with Crippen molar-refractivity contribution in [3.8, 4) is 5.75 Å². The summed E-state index contributed by atoms with van der Waals surface area (Å²) in [6.45, 7) is 2.88. The third-order valence-electron chi connectivity index (χ3n) is 6.09. The van der Waals surface area contributed by atoms with Crippen LogP contribution >= 0.6 is 0 Å². The van der Waals surface area contributed by atoms with E-state index in [1.54, 1.807) is 24.5 Å². The molecule has 2 fully saturated rings. The first kappa shape index (κ1) is 20.4. The number of benzene rings is 1. The molecule has 1 aromatic heterocycles. The molecule has 6 nitrogen and oxygen atoms in total. The first-order valence-corrected chi connectivity index (χ1v) is 10.9. The monoisotopic (exact) mass is 407 g/mol. The summed E-state index contributed by atoms with van der Waals surface area (Å²) in [4.78, 5) is 33.2. The Kier molecular flexibility index (Phi) is 6.62. The van der Waals surface area contributed by atoms with Gasteiger partial charge in [0.05, 0.1) is 0 Å². The zero-order valence-corrected chi connectivity index (χ0v) is 17.3. The predicted octanol–water partition coefficient (Wildman–Crippen LogP) is 3.53. The quantitative estimate of drug-likeness (QED) is 0.735. The Morgan fingerprint density at radius 1 is 0.967 bits per heavy atom. The highest BCUT2D eigenvalue weighted by Gasteiger charge is 2.27. The van der Waals surface area contributed by atoms with Crippen LogP contribution in [0.2, 0.25) is 0 Å². The van der Waals surface area contributed by atoms with E-state index in [0.29, 0.717) is 50.7 Å². The van der Waals surface area contributed by atoms with E-state index in [1.165, 1.54) is 25.7 Å². The maximum Gasteiger partial charge on any atom is 0.253 e. The van der Waals surface area contributed by atoms with Crippen molar-refractivity contribution in [2.75, 3.05) is 26.2 Å². The van der Waals surface area contributed by atoms with Crippen LogP contribution in [-0.4, -0.2) is 52.8 Å². The smallest absolute Gasteiger partial charge is 0.253 e. The summed E-state index contributed by atoms with van der Waals surface area (Å²) < 4.78 is 5.76. The van der Waals surface area contributed by atoms with E-state index in [0.717, 1.165) is 11.3 Å². The van der Waals surface area contributed by atoms with Crippen molar-refractivity contribution in [2.24, 2.45) is 5.92 Å². The summed E-state index contributed by atoms with van der Waals surface area (Å²) in [6, 6.07) is 11.1. The SMILES string of the molecule is O=C(CC1CCCC1)N1CCN(C(=O)c2ccc(OCc3cccnc3)cc2)CC1. The molecule has 0 bridgehead atoms. The summed E-state index contributed by atoms with van der Waals surface area (Å²) in [5, 5.41) is 0. The fourth-order valence-electron chi connectivity index (χ4n) is 4.28. The van der Waals surface area contributed by atoms with Crippen molar-refractivity contribution in [3.05, 3.63) is 59.9 Å². The van der Waals surface area contributed by atoms with Gasteiger partial charge in [-0.1, -0.05) is 18.9 Å². The van der Waals surface area contributed by atoms with Crippen molar-refractivity contribution in [1.29, 1.82) is 0 Å². The lowest BCUT2D eigenvalue weighted by Gasteiger charge is -2.35. The van der Waals surface area contributed by atoms with Gasteiger partial charge in [0.1, 0.15) is 12.4 Å². The minimum absolute atomic E-state index is 0.0108. The Bertz CT molecular complexity index is 840. The molecule has 1 saturated carbocycles. The zero-order chi connectivity index (χ0) is 20.8. The maximum atomic E-state index is 12.8. The third kappa shape index (κ3) is 5.17. The van der Waals surface area contributed by atoms with Crippen LogP contribution in [-0.2, 0) is 11.4 Å². The molecular formula is C24H29N3O3. The molecule has 1 aromatic carbocycles.